The number of hydrogen-bond donors (Lipinski definition) is 0. The van der Waals surface area contributed by atoms with E-state index in [2.05, 4.69) is 15.9 Å². The molecule has 1 unspecified atom stereocenters. The van der Waals surface area contributed by atoms with Gasteiger partial charge in [0.15, 0.2) is 0 Å². The molecule has 0 amide bonds. The molecule has 3 aromatic rings. The standard InChI is InChI=1S/C13H6BrClF2S2/c14-7-4-8(16)6(3-9(7)17)13(15)12-5-11-10(19-12)1-2-18-11/h1-5,13H. The second-order valence-electron chi connectivity index (χ2n) is 3.95. The van der Waals surface area contributed by atoms with E-state index in [0.29, 0.717) is 0 Å². The Morgan fingerprint density at radius 1 is 1.11 bits per heavy atom. The molecule has 0 aliphatic rings. The molecule has 1 aromatic carbocycles. The first-order chi connectivity index (χ1) is 9.06. The number of halogens is 4. The molecule has 2 aromatic heterocycles. The first kappa shape index (κ1) is 13.5. The maximum Gasteiger partial charge on any atom is 0.137 e. The van der Waals surface area contributed by atoms with Gasteiger partial charge in [0.25, 0.3) is 0 Å². The summed E-state index contributed by atoms with van der Waals surface area (Å²) in [4.78, 5) is 0.823. The van der Waals surface area contributed by atoms with Crippen molar-refractivity contribution in [2.24, 2.45) is 0 Å². The Morgan fingerprint density at radius 2 is 1.89 bits per heavy atom. The van der Waals surface area contributed by atoms with Gasteiger partial charge in [-0.2, -0.15) is 0 Å². The van der Waals surface area contributed by atoms with Crippen molar-refractivity contribution in [1.82, 2.24) is 0 Å². The van der Waals surface area contributed by atoms with Gasteiger partial charge in [0.1, 0.15) is 11.6 Å². The van der Waals surface area contributed by atoms with Gasteiger partial charge in [-0.15, -0.1) is 34.3 Å². The lowest BCUT2D eigenvalue weighted by atomic mass is 10.1. The van der Waals surface area contributed by atoms with E-state index >= 15 is 0 Å². The minimum Gasteiger partial charge on any atom is -0.207 e. The molecule has 1 atom stereocenters. The third-order valence-electron chi connectivity index (χ3n) is 2.72. The molecule has 2 heterocycles. The summed E-state index contributed by atoms with van der Waals surface area (Å²) in [6, 6.07) is 6.18. The third kappa shape index (κ3) is 2.44. The van der Waals surface area contributed by atoms with Crippen LogP contribution in [0.15, 0.2) is 34.1 Å². The molecule has 98 valence electrons. The highest BCUT2D eigenvalue weighted by Gasteiger charge is 2.20. The third-order valence-corrected chi connectivity index (χ3v) is 6.09. The van der Waals surface area contributed by atoms with Crippen LogP contribution in [0, 0.1) is 11.6 Å². The number of thiophene rings is 2. The molecule has 0 aliphatic heterocycles. The largest absolute Gasteiger partial charge is 0.207 e. The summed E-state index contributed by atoms with van der Waals surface area (Å²) >= 11 is 12.3. The van der Waals surface area contributed by atoms with Gasteiger partial charge in [-0.25, -0.2) is 8.78 Å². The summed E-state index contributed by atoms with van der Waals surface area (Å²) in [5.74, 6) is -1.02. The van der Waals surface area contributed by atoms with Crippen molar-refractivity contribution in [3.05, 3.63) is 56.2 Å². The van der Waals surface area contributed by atoms with Crippen molar-refractivity contribution in [2.45, 2.75) is 5.38 Å². The molecule has 0 N–H and O–H groups in total. The maximum atomic E-state index is 13.9. The minimum atomic E-state index is -0.674. The Bertz CT molecular complexity index is 722. The topological polar surface area (TPSA) is 0 Å². The Hall–Kier alpha value is -0.490. The maximum absolute atomic E-state index is 13.9. The molecule has 0 radical (unpaired) electrons. The molecule has 0 nitrogen and oxygen atoms in total. The first-order valence-electron chi connectivity index (χ1n) is 5.31. The van der Waals surface area contributed by atoms with E-state index < -0.39 is 17.0 Å². The SMILES string of the molecule is Fc1cc(C(Cl)c2cc3sccc3s2)c(F)cc1Br. The van der Waals surface area contributed by atoms with E-state index in [1.807, 2.05) is 17.5 Å². The van der Waals surface area contributed by atoms with Gasteiger partial charge in [-0.1, -0.05) is 0 Å². The summed E-state index contributed by atoms with van der Waals surface area (Å²) in [5.41, 5.74) is 0.163. The van der Waals surface area contributed by atoms with Gasteiger partial charge >= 0.3 is 0 Å². The van der Waals surface area contributed by atoms with Crippen LogP contribution in [0.2, 0.25) is 0 Å². The number of benzene rings is 1. The van der Waals surface area contributed by atoms with E-state index in [4.69, 9.17) is 11.6 Å². The van der Waals surface area contributed by atoms with E-state index in [1.54, 1.807) is 11.3 Å². The molecule has 0 fully saturated rings. The Labute approximate surface area is 129 Å². The van der Waals surface area contributed by atoms with E-state index in [-0.39, 0.29) is 10.0 Å². The fourth-order valence-electron chi connectivity index (χ4n) is 1.79. The number of fused-ring (bicyclic) bond motifs is 1. The highest BCUT2D eigenvalue weighted by molar-refractivity contribution is 9.10. The van der Waals surface area contributed by atoms with Crippen LogP contribution in [0.3, 0.4) is 0 Å². The van der Waals surface area contributed by atoms with Gasteiger partial charge in [-0.05, 0) is 45.6 Å². The van der Waals surface area contributed by atoms with Crippen molar-refractivity contribution in [1.29, 1.82) is 0 Å². The Kier molecular flexibility index (Phi) is 3.64. The van der Waals surface area contributed by atoms with Crippen LogP contribution in [0.4, 0.5) is 8.78 Å². The molecule has 19 heavy (non-hydrogen) atoms. The average Bonchev–Trinajstić information content (AvgIpc) is 2.93. The molecule has 0 bridgehead atoms. The predicted octanol–water partition coefficient (Wildman–Crippen LogP) is 6.33. The lowest BCUT2D eigenvalue weighted by Gasteiger charge is -2.09. The minimum absolute atomic E-state index is 0.102. The number of alkyl halides is 1. The van der Waals surface area contributed by atoms with Crippen molar-refractivity contribution in [3.8, 4) is 0 Å². The second-order valence-corrected chi connectivity index (χ2v) is 7.30. The molecule has 3 rings (SSSR count). The Morgan fingerprint density at radius 3 is 2.63 bits per heavy atom. The average molecular weight is 380 g/mol. The van der Waals surface area contributed by atoms with Crippen molar-refractivity contribution in [3.63, 3.8) is 0 Å². The van der Waals surface area contributed by atoms with Crippen molar-refractivity contribution in [2.75, 3.05) is 0 Å². The fourth-order valence-corrected chi connectivity index (χ4v) is 4.59. The zero-order valence-electron chi connectivity index (χ0n) is 9.29. The van der Waals surface area contributed by atoms with Crippen LogP contribution in [-0.4, -0.2) is 0 Å². The van der Waals surface area contributed by atoms with Crippen LogP contribution in [0.5, 0.6) is 0 Å². The second kappa shape index (κ2) is 5.13. The van der Waals surface area contributed by atoms with Crippen LogP contribution in [-0.2, 0) is 0 Å². The lowest BCUT2D eigenvalue weighted by Crippen LogP contribution is -1.97. The highest BCUT2D eigenvalue weighted by Crippen LogP contribution is 2.40. The number of rotatable bonds is 2. The molecule has 0 saturated carbocycles. The summed E-state index contributed by atoms with van der Waals surface area (Å²) in [7, 11) is 0. The van der Waals surface area contributed by atoms with Crippen LogP contribution in [0.1, 0.15) is 15.8 Å². The van der Waals surface area contributed by atoms with Gasteiger partial charge in [0, 0.05) is 19.8 Å². The number of hydrogen-bond acceptors (Lipinski definition) is 2. The summed E-state index contributed by atoms with van der Waals surface area (Å²) in [6.45, 7) is 0. The smallest absolute Gasteiger partial charge is 0.137 e. The van der Waals surface area contributed by atoms with Crippen LogP contribution in [0.25, 0.3) is 9.40 Å². The van der Waals surface area contributed by atoms with E-state index in [1.165, 1.54) is 11.3 Å². The molecule has 6 heteroatoms. The molecular weight excluding hydrogens is 374 g/mol. The van der Waals surface area contributed by atoms with E-state index in [9.17, 15) is 8.78 Å². The first-order valence-corrected chi connectivity index (χ1v) is 8.24. The molecular formula is C13H6BrClF2S2. The van der Waals surface area contributed by atoms with Crippen molar-refractivity contribution < 1.29 is 8.78 Å². The molecule has 0 aliphatic carbocycles. The van der Waals surface area contributed by atoms with Gasteiger partial charge in [0.05, 0.1) is 9.85 Å². The molecule has 0 saturated heterocycles. The zero-order chi connectivity index (χ0) is 13.6. The monoisotopic (exact) mass is 378 g/mol. The van der Waals surface area contributed by atoms with E-state index in [0.717, 1.165) is 26.4 Å². The quantitative estimate of drug-likeness (QED) is 0.360. The van der Waals surface area contributed by atoms with Crippen LogP contribution < -0.4 is 0 Å². The lowest BCUT2D eigenvalue weighted by molar-refractivity contribution is 0.582. The summed E-state index contributed by atoms with van der Waals surface area (Å²) in [6.07, 6.45) is 0. The van der Waals surface area contributed by atoms with Crippen LogP contribution >= 0.6 is 50.2 Å². The highest BCUT2D eigenvalue weighted by atomic mass is 79.9. The predicted molar refractivity (Wildman–Crippen MR) is 81.5 cm³/mol. The Balaban J connectivity index is 2.06. The summed E-state index contributed by atoms with van der Waals surface area (Å²) < 4.78 is 29.7. The fraction of sp³-hybridized carbons (Fsp3) is 0.0769. The van der Waals surface area contributed by atoms with Gasteiger partial charge in [0.2, 0.25) is 0 Å². The summed E-state index contributed by atoms with van der Waals surface area (Å²) in [5, 5.41) is 1.32. The van der Waals surface area contributed by atoms with Crippen molar-refractivity contribution >= 4 is 59.6 Å². The van der Waals surface area contributed by atoms with Gasteiger partial charge < -0.3 is 0 Å². The van der Waals surface area contributed by atoms with Gasteiger partial charge in [-0.3, -0.25) is 0 Å². The zero-order valence-corrected chi connectivity index (χ0v) is 13.3. The molecule has 0 spiro atoms. The normalized spacial score (nSPS) is 13.1.